The molecular weight excluding hydrogens is 415 g/mol. The zero-order valence-electron chi connectivity index (χ0n) is 14.3. The number of pyridine rings is 1. The van der Waals surface area contributed by atoms with E-state index in [1.165, 1.54) is 5.56 Å². The molecule has 0 fully saturated rings. The molecule has 0 saturated heterocycles. The molecule has 0 unspecified atom stereocenters. The summed E-state index contributed by atoms with van der Waals surface area (Å²) in [6, 6.07) is 14.2. The van der Waals surface area contributed by atoms with Crippen molar-refractivity contribution in [3.63, 3.8) is 0 Å². The standard InChI is InChI=1S/C18H24N4O.HI/c1-14(2)22-18(19-3)21-12-15-7-9-17(10-8-15)23-13-16-6-4-5-11-20-16;/h4-11,14H,12-13H2,1-3H3,(H2,19,21,22);1H. The summed E-state index contributed by atoms with van der Waals surface area (Å²) < 4.78 is 5.73. The second-order valence-corrected chi connectivity index (χ2v) is 5.48. The maximum atomic E-state index is 5.73. The summed E-state index contributed by atoms with van der Waals surface area (Å²) in [5.41, 5.74) is 2.09. The number of aromatic nitrogens is 1. The molecule has 24 heavy (non-hydrogen) atoms. The van der Waals surface area contributed by atoms with Gasteiger partial charge in [-0.2, -0.15) is 0 Å². The summed E-state index contributed by atoms with van der Waals surface area (Å²) in [6.45, 7) is 5.36. The van der Waals surface area contributed by atoms with Crippen molar-refractivity contribution in [3.8, 4) is 5.75 Å². The van der Waals surface area contributed by atoms with Crippen LogP contribution in [0.15, 0.2) is 53.7 Å². The molecule has 0 radical (unpaired) electrons. The molecule has 0 aliphatic heterocycles. The quantitative estimate of drug-likeness (QED) is 0.411. The van der Waals surface area contributed by atoms with Crippen molar-refractivity contribution in [1.29, 1.82) is 0 Å². The largest absolute Gasteiger partial charge is 0.487 e. The Balaban J connectivity index is 0.00000288. The Labute approximate surface area is 161 Å². The molecule has 1 aromatic heterocycles. The van der Waals surface area contributed by atoms with E-state index >= 15 is 0 Å². The number of hydrogen-bond donors (Lipinski definition) is 2. The molecule has 0 saturated carbocycles. The van der Waals surface area contributed by atoms with Crippen molar-refractivity contribution < 1.29 is 4.74 Å². The topological polar surface area (TPSA) is 58.5 Å². The average molecular weight is 440 g/mol. The van der Waals surface area contributed by atoms with E-state index in [4.69, 9.17) is 4.74 Å². The number of benzene rings is 1. The third-order valence-corrected chi connectivity index (χ3v) is 3.15. The molecule has 2 N–H and O–H groups in total. The van der Waals surface area contributed by atoms with Gasteiger partial charge in [0.25, 0.3) is 0 Å². The van der Waals surface area contributed by atoms with Crippen LogP contribution < -0.4 is 15.4 Å². The van der Waals surface area contributed by atoms with Crippen LogP contribution in [0.1, 0.15) is 25.1 Å². The Hall–Kier alpha value is -1.83. The first kappa shape index (κ1) is 20.2. The lowest BCUT2D eigenvalue weighted by Crippen LogP contribution is -2.40. The van der Waals surface area contributed by atoms with Gasteiger partial charge in [0.05, 0.1) is 5.69 Å². The van der Waals surface area contributed by atoms with Crippen LogP contribution in [0.25, 0.3) is 0 Å². The van der Waals surface area contributed by atoms with Gasteiger partial charge >= 0.3 is 0 Å². The number of halogens is 1. The van der Waals surface area contributed by atoms with Crippen molar-refractivity contribution in [2.45, 2.75) is 33.0 Å². The van der Waals surface area contributed by atoms with Gasteiger partial charge in [-0.3, -0.25) is 9.98 Å². The molecule has 0 atom stereocenters. The first-order chi connectivity index (χ1) is 11.2. The van der Waals surface area contributed by atoms with Crippen LogP contribution in [0.3, 0.4) is 0 Å². The Bertz CT molecular complexity index is 615. The number of ether oxygens (including phenoxy) is 1. The Morgan fingerprint density at radius 1 is 1.17 bits per heavy atom. The summed E-state index contributed by atoms with van der Waals surface area (Å²) in [5.74, 6) is 1.64. The molecule has 0 aliphatic carbocycles. The monoisotopic (exact) mass is 440 g/mol. The second kappa shape index (κ2) is 10.9. The van der Waals surface area contributed by atoms with E-state index in [-0.39, 0.29) is 24.0 Å². The zero-order chi connectivity index (χ0) is 16.5. The van der Waals surface area contributed by atoms with Gasteiger partial charge in [0.15, 0.2) is 5.96 Å². The van der Waals surface area contributed by atoms with Crippen molar-refractivity contribution >= 4 is 29.9 Å². The number of nitrogens with one attached hydrogen (secondary N) is 2. The lowest BCUT2D eigenvalue weighted by molar-refractivity contribution is 0.301. The molecule has 2 aromatic rings. The highest BCUT2D eigenvalue weighted by Gasteiger charge is 2.01. The molecule has 1 heterocycles. The number of aliphatic imine (C=N–C) groups is 1. The van der Waals surface area contributed by atoms with Crippen LogP contribution in [0.5, 0.6) is 5.75 Å². The Kier molecular flexibility index (Phi) is 9.14. The minimum absolute atomic E-state index is 0. The number of hydrogen-bond acceptors (Lipinski definition) is 3. The summed E-state index contributed by atoms with van der Waals surface area (Å²) in [7, 11) is 1.77. The lowest BCUT2D eigenvalue weighted by atomic mass is 10.2. The van der Waals surface area contributed by atoms with Crippen molar-refractivity contribution in [2.24, 2.45) is 4.99 Å². The van der Waals surface area contributed by atoms with Crippen molar-refractivity contribution in [3.05, 3.63) is 59.9 Å². The van der Waals surface area contributed by atoms with Gasteiger partial charge in [-0.05, 0) is 43.7 Å². The molecule has 0 spiro atoms. The molecule has 0 bridgehead atoms. The number of guanidine groups is 1. The zero-order valence-corrected chi connectivity index (χ0v) is 16.7. The lowest BCUT2D eigenvalue weighted by Gasteiger charge is -2.14. The highest BCUT2D eigenvalue weighted by molar-refractivity contribution is 14.0. The van der Waals surface area contributed by atoms with Crippen LogP contribution in [0.4, 0.5) is 0 Å². The Morgan fingerprint density at radius 2 is 1.92 bits per heavy atom. The molecule has 6 heteroatoms. The van der Waals surface area contributed by atoms with Gasteiger partial charge in [0.1, 0.15) is 12.4 Å². The third kappa shape index (κ3) is 7.16. The number of rotatable bonds is 6. The third-order valence-electron chi connectivity index (χ3n) is 3.15. The van der Waals surface area contributed by atoms with Gasteiger partial charge in [-0.1, -0.05) is 18.2 Å². The van der Waals surface area contributed by atoms with Crippen LogP contribution in [-0.4, -0.2) is 24.0 Å². The van der Waals surface area contributed by atoms with E-state index in [1.807, 2.05) is 42.5 Å². The fourth-order valence-electron chi connectivity index (χ4n) is 2.00. The van der Waals surface area contributed by atoms with Gasteiger partial charge in [-0.15, -0.1) is 24.0 Å². The fraction of sp³-hybridized carbons (Fsp3) is 0.333. The predicted molar refractivity (Wildman–Crippen MR) is 109 cm³/mol. The van der Waals surface area contributed by atoms with Crippen molar-refractivity contribution in [2.75, 3.05) is 7.05 Å². The van der Waals surface area contributed by atoms with Crippen LogP contribution >= 0.6 is 24.0 Å². The smallest absolute Gasteiger partial charge is 0.191 e. The van der Waals surface area contributed by atoms with Crippen LogP contribution in [0.2, 0.25) is 0 Å². The Morgan fingerprint density at radius 3 is 2.50 bits per heavy atom. The minimum atomic E-state index is 0. The van der Waals surface area contributed by atoms with Crippen molar-refractivity contribution in [1.82, 2.24) is 15.6 Å². The summed E-state index contributed by atoms with van der Waals surface area (Å²) in [4.78, 5) is 8.42. The van der Waals surface area contributed by atoms with E-state index in [9.17, 15) is 0 Å². The SMILES string of the molecule is CN=C(NCc1ccc(OCc2ccccn2)cc1)NC(C)C.I. The normalized spacial score (nSPS) is 10.9. The van der Waals surface area contributed by atoms with Gasteiger partial charge in [0, 0.05) is 25.8 Å². The first-order valence-corrected chi connectivity index (χ1v) is 7.76. The molecule has 0 amide bonds. The van der Waals surface area contributed by atoms with Gasteiger partial charge < -0.3 is 15.4 Å². The summed E-state index contributed by atoms with van der Waals surface area (Å²) in [5, 5.41) is 6.54. The van der Waals surface area contributed by atoms with E-state index in [0.717, 1.165) is 17.4 Å². The molecule has 0 aliphatic rings. The van der Waals surface area contributed by atoms with E-state index < -0.39 is 0 Å². The predicted octanol–water partition coefficient (Wildman–Crippen LogP) is 3.35. The first-order valence-electron chi connectivity index (χ1n) is 7.76. The molecule has 130 valence electrons. The van der Waals surface area contributed by atoms with Crippen LogP contribution in [0, 0.1) is 0 Å². The van der Waals surface area contributed by atoms with Gasteiger partial charge in [-0.25, -0.2) is 0 Å². The maximum absolute atomic E-state index is 5.73. The molecule has 1 aromatic carbocycles. The average Bonchev–Trinajstić information content (AvgIpc) is 2.58. The summed E-state index contributed by atoms with van der Waals surface area (Å²) >= 11 is 0. The second-order valence-electron chi connectivity index (χ2n) is 5.48. The van der Waals surface area contributed by atoms with E-state index in [0.29, 0.717) is 19.2 Å². The van der Waals surface area contributed by atoms with Crippen LogP contribution in [-0.2, 0) is 13.2 Å². The minimum Gasteiger partial charge on any atom is -0.487 e. The molecular formula is C18H25IN4O. The maximum Gasteiger partial charge on any atom is 0.191 e. The highest BCUT2D eigenvalue weighted by Crippen LogP contribution is 2.13. The number of nitrogens with zero attached hydrogens (tertiary/aromatic N) is 2. The summed E-state index contributed by atoms with van der Waals surface area (Å²) in [6.07, 6.45) is 1.77. The molecule has 2 rings (SSSR count). The fourth-order valence-corrected chi connectivity index (χ4v) is 2.00. The molecule has 5 nitrogen and oxygen atoms in total. The highest BCUT2D eigenvalue weighted by atomic mass is 127. The van der Waals surface area contributed by atoms with E-state index in [1.54, 1.807) is 13.2 Å². The van der Waals surface area contributed by atoms with Gasteiger partial charge in [0.2, 0.25) is 0 Å². The van der Waals surface area contributed by atoms with E-state index in [2.05, 4.69) is 34.5 Å².